The Morgan fingerprint density at radius 3 is 2.29 bits per heavy atom. The van der Waals surface area contributed by atoms with Gasteiger partial charge in [0.1, 0.15) is 17.1 Å². The summed E-state index contributed by atoms with van der Waals surface area (Å²) in [7, 11) is 0. The summed E-state index contributed by atoms with van der Waals surface area (Å²) in [6.45, 7) is -0.285. The van der Waals surface area contributed by atoms with Crippen molar-refractivity contribution >= 4 is 11.6 Å². The van der Waals surface area contributed by atoms with E-state index in [4.69, 9.17) is 16.3 Å². The van der Waals surface area contributed by atoms with Crippen LogP contribution in [-0.4, -0.2) is 29.9 Å². The predicted molar refractivity (Wildman–Crippen MR) is 128 cm³/mol. The van der Waals surface area contributed by atoms with Crippen LogP contribution in [0.4, 0.5) is 0 Å². The minimum Gasteiger partial charge on any atom is -0.449 e. The Labute approximate surface area is 199 Å². The third-order valence-electron chi connectivity index (χ3n) is 5.12. The lowest BCUT2D eigenvalue weighted by molar-refractivity contribution is 0.276. The number of hydrogen-bond donors (Lipinski definition) is 1. The summed E-state index contributed by atoms with van der Waals surface area (Å²) >= 11 is 5.98. The maximum absolute atomic E-state index is 13.4. The zero-order valence-corrected chi connectivity index (χ0v) is 18.5. The van der Waals surface area contributed by atoms with Crippen LogP contribution in [0.2, 0.25) is 5.02 Å². The molecule has 8 nitrogen and oxygen atoms in total. The average molecular weight is 472 g/mol. The van der Waals surface area contributed by atoms with E-state index in [-0.39, 0.29) is 18.0 Å². The van der Waals surface area contributed by atoms with E-state index in [1.165, 1.54) is 21.8 Å². The molecule has 2 heterocycles. The third-order valence-corrected chi connectivity index (χ3v) is 5.37. The van der Waals surface area contributed by atoms with Crippen LogP contribution in [-0.2, 0) is 6.61 Å². The summed E-state index contributed by atoms with van der Waals surface area (Å²) in [5.41, 5.74) is 2.76. The lowest BCUT2D eigenvalue weighted by Gasteiger charge is -2.13. The van der Waals surface area contributed by atoms with Crippen LogP contribution in [0.1, 0.15) is 5.69 Å². The van der Waals surface area contributed by atoms with Crippen LogP contribution in [0, 0.1) is 0 Å². The Morgan fingerprint density at radius 2 is 1.62 bits per heavy atom. The van der Waals surface area contributed by atoms with E-state index in [9.17, 15) is 9.90 Å². The number of aromatic nitrogens is 5. The fourth-order valence-electron chi connectivity index (χ4n) is 3.41. The number of hydrogen-bond acceptors (Lipinski definition) is 6. The summed E-state index contributed by atoms with van der Waals surface area (Å²) in [6, 6.07) is 24.1. The molecule has 0 saturated heterocycles. The fourth-order valence-corrected chi connectivity index (χ4v) is 3.53. The van der Waals surface area contributed by atoms with E-state index in [1.807, 2.05) is 42.5 Å². The average Bonchev–Trinajstić information content (AvgIpc) is 3.36. The molecule has 0 atom stereocenters. The highest BCUT2D eigenvalue weighted by Gasteiger charge is 2.18. The Morgan fingerprint density at radius 1 is 0.912 bits per heavy atom. The van der Waals surface area contributed by atoms with Gasteiger partial charge in [-0.1, -0.05) is 59.3 Å². The summed E-state index contributed by atoms with van der Waals surface area (Å²) < 4.78 is 8.63. The lowest BCUT2D eigenvalue weighted by Crippen LogP contribution is -2.24. The molecule has 34 heavy (non-hydrogen) atoms. The summed E-state index contributed by atoms with van der Waals surface area (Å²) in [5.74, 6) is 0.473. The van der Waals surface area contributed by atoms with Crippen molar-refractivity contribution in [2.75, 3.05) is 0 Å². The molecule has 0 aliphatic carbocycles. The van der Waals surface area contributed by atoms with Gasteiger partial charge in [-0.05, 0) is 47.5 Å². The van der Waals surface area contributed by atoms with Crippen molar-refractivity contribution < 1.29 is 9.84 Å². The maximum Gasteiger partial charge on any atom is 0.316 e. The van der Waals surface area contributed by atoms with Gasteiger partial charge in [0, 0.05) is 5.02 Å². The number of aliphatic hydroxyl groups excluding tert-OH is 1. The second-order valence-electron chi connectivity index (χ2n) is 7.36. The van der Waals surface area contributed by atoms with Crippen LogP contribution < -0.4 is 10.3 Å². The van der Waals surface area contributed by atoms with Gasteiger partial charge in [0.2, 0.25) is 5.75 Å². The summed E-state index contributed by atoms with van der Waals surface area (Å²) in [6.07, 6.45) is 2.97. The SMILES string of the molecule is O=c1c(Oc2ccc(-c3ccccc3)cc2)c(-n2cc(CO)nn2)cnn1-c1ccc(Cl)cc1. The van der Waals surface area contributed by atoms with Gasteiger partial charge in [-0.25, -0.2) is 4.68 Å². The van der Waals surface area contributed by atoms with Gasteiger partial charge < -0.3 is 9.84 Å². The van der Waals surface area contributed by atoms with Crippen LogP contribution in [0.15, 0.2) is 96.1 Å². The number of benzene rings is 3. The molecule has 9 heteroatoms. The molecule has 0 aliphatic rings. The smallest absolute Gasteiger partial charge is 0.316 e. The van der Waals surface area contributed by atoms with E-state index >= 15 is 0 Å². The molecule has 0 amide bonds. The Hall–Kier alpha value is -4.27. The maximum atomic E-state index is 13.4. The molecule has 0 spiro atoms. The second-order valence-corrected chi connectivity index (χ2v) is 7.79. The molecule has 168 valence electrons. The minimum atomic E-state index is -0.493. The van der Waals surface area contributed by atoms with Crippen molar-refractivity contribution in [1.29, 1.82) is 0 Å². The number of halogens is 1. The molecule has 1 N–H and O–H groups in total. The Bertz CT molecular complexity index is 1480. The van der Waals surface area contributed by atoms with Gasteiger partial charge >= 0.3 is 5.56 Å². The van der Waals surface area contributed by atoms with Crippen LogP contribution >= 0.6 is 11.6 Å². The topological polar surface area (TPSA) is 95.1 Å². The highest BCUT2D eigenvalue weighted by molar-refractivity contribution is 6.30. The van der Waals surface area contributed by atoms with Gasteiger partial charge in [0.05, 0.1) is 24.7 Å². The molecule has 3 aromatic carbocycles. The first-order chi connectivity index (χ1) is 16.6. The summed E-state index contributed by atoms with van der Waals surface area (Å²) in [4.78, 5) is 13.4. The molecule has 5 rings (SSSR count). The number of ether oxygens (including phenoxy) is 1. The highest BCUT2D eigenvalue weighted by Crippen LogP contribution is 2.27. The highest BCUT2D eigenvalue weighted by atomic mass is 35.5. The normalized spacial score (nSPS) is 10.9. The van der Waals surface area contributed by atoms with Crippen molar-refractivity contribution in [3.63, 3.8) is 0 Å². The zero-order chi connectivity index (χ0) is 23.5. The van der Waals surface area contributed by atoms with E-state index < -0.39 is 5.56 Å². The lowest BCUT2D eigenvalue weighted by atomic mass is 10.1. The largest absolute Gasteiger partial charge is 0.449 e. The Balaban J connectivity index is 1.57. The van der Waals surface area contributed by atoms with Crippen LogP contribution in [0.5, 0.6) is 11.5 Å². The van der Waals surface area contributed by atoms with Crippen molar-refractivity contribution in [2.24, 2.45) is 0 Å². The van der Waals surface area contributed by atoms with Crippen LogP contribution in [0.3, 0.4) is 0 Å². The first kappa shape index (κ1) is 21.6. The number of rotatable bonds is 6. The third kappa shape index (κ3) is 4.32. The predicted octanol–water partition coefficient (Wildman–Crippen LogP) is 4.42. The first-order valence-electron chi connectivity index (χ1n) is 10.4. The van der Waals surface area contributed by atoms with Crippen molar-refractivity contribution in [1.82, 2.24) is 24.8 Å². The molecule has 0 unspecified atom stereocenters. The molecule has 5 aromatic rings. The number of nitrogens with zero attached hydrogens (tertiary/aromatic N) is 5. The molecule has 0 bridgehead atoms. The van der Waals surface area contributed by atoms with E-state index in [0.29, 0.717) is 22.2 Å². The van der Waals surface area contributed by atoms with Gasteiger partial charge in [-0.15, -0.1) is 5.10 Å². The van der Waals surface area contributed by atoms with E-state index in [0.717, 1.165) is 11.1 Å². The first-order valence-corrected chi connectivity index (χ1v) is 10.7. The molecular formula is C25H18ClN5O3. The van der Waals surface area contributed by atoms with Gasteiger partial charge in [-0.2, -0.15) is 9.78 Å². The van der Waals surface area contributed by atoms with Crippen molar-refractivity contribution in [3.05, 3.63) is 112 Å². The van der Waals surface area contributed by atoms with Gasteiger partial charge in [0.15, 0.2) is 0 Å². The molecule has 0 radical (unpaired) electrons. The molecule has 0 saturated carbocycles. The van der Waals surface area contributed by atoms with E-state index in [2.05, 4.69) is 15.4 Å². The number of aliphatic hydroxyl groups is 1. The van der Waals surface area contributed by atoms with Gasteiger partial charge in [-0.3, -0.25) is 4.79 Å². The fraction of sp³-hybridized carbons (Fsp3) is 0.0400. The zero-order valence-electron chi connectivity index (χ0n) is 17.7. The van der Waals surface area contributed by atoms with Gasteiger partial charge in [0.25, 0.3) is 0 Å². The summed E-state index contributed by atoms with van der Waals surface area (Å²) in [5, 5.41) is 22.0. The second kappa shape index (κ2) is 9.30. The molecular weight excluding hydrogens is 454 g/mol. The van der Waals surface area contributed by atoms with Crippen LogP contribution in [0.25, 0.3) is 22.5 Å². The van der Waals surface area contributed by atoms with Crippen molar-refractivity contribution in [2.45, 2.75) is 6.61 Å². The minimum absolute atomic E-state index is 0.00630. The standard InChI is InChI=1S/C25H18ClN5O3/c26-19-8-10-21(11-9-19)31-25(33)24(23(14-27-31)30-15-20(16-32)28-29-30)34-22-12-6-18(7-13-22)17-4-2-1-3-5-17/h1-15,32H,16H2. The Kier molecular flexibility index (Phi) is 5.90. The molecule has 2 aromatic heterocycles. The van der Waals surface area contributed by atoms with E-state index in [1.54, 1.807) is 36.4 Å². The molecule has 0 aliphatic heterocycles. The monoisotopic (exact) mass is 471 g/mol. The van der Waals surface area contributed by atoms with Crippen molar-refractivity contribution in [3.8, 4) is 34.0 Å². The quantitative estimate of drug-likeness (QED) is 0.394. The molecule has 0 fully saturated rings.